The minimum absolute atomic E-state index is 0.341. The van der Waals surface area contributed by atoms with Crippen LogP contribution in [-0.2, 0) is 14.3 Å². The molecule has 0 aromatic carbocycles. The first kappa shape index (κ1) is 12.1. The number of hydrogen-bond donors (Lipinski definition) is 1. The Labute approximate surface area is 78.9 Å². The summed E-state index contributed by atoms with van der Waals surface area (Å²) in [4.78, 5) is 10.2. The van der Waals surface area contributed by atoms with Crippen molar-refractivity contribution in [2.24, 2.45) is 0 Å². The number of nitrogens with one attached hydrogen (secondary N) is 1. The van der Waals surface area contributed by atoms with E-state index in [-0.39, 0.29) is 5.97 Å². The molecule has 4 heteroatoms. The fraction of sp³-hybridized carbons (Fsp3) is 0.667. The zero-order chi connectivity index (χ0) is 9.94. The van der Waals surface area contributed by atoms with E-state index in [1.54, 1.807) is 0 Å². The summed E-state index contributed by atoms with van der Waals surface area (Å²) in [7, 11) is 0. The van der Waals surface area contributed by atoms with Crippen LogP contribution in [0, 0.1) is 0 Å². The number of ether oxygens (including phenoxy) is 2. The maximum absolute atomic E-state index is 10.2. The number of hydrogen-bond acceptors (Lipinski definition) is 4. The molecule has 4 nitrogen and oxygen atoms in total. The van der Waals surface area contributed by atoms with Crippen molar-refractivity contribution in [2.75, 3.05) is 26.5 Å². The molecule has 1 aliphatic rings. The summed E-state index contributed by atoms with van der Waals surface area (Å²) < 4.78 is 9.42. The molecule has 0 atom stereocenters. The minimum atomic E-state index is -0.341. The lowest BCUT2D eigenvalue weighted by Crippen LogP contribution is -2.05. The topological polar surface area (TPSA) is 47.6 Å². The van der Waals surface area contributed by atoms with Crippen molar-refractivity contribution in [1.29, 1.82) is 0 Å². The van der Waals surface area contributed by atoms with Gasteiger partial charge in [0.25, 0.3) is 0 Å². The van der Waals surface area contributed by atoms with Crippen molar-refractivity contribution in [2.45, 2.75) is 13.3 Å². The van der Waals surface area contributed by atoms with Gasteiger partial charge in [-0.1, -0.05) is 13.5 Å². The van der Waals surface area contributed by atoms with Gasteiger partial charge in [-0.3, -0.25) is 5.32 Å². The number of carbonyl (C=O) groups excluding carboxylic acids is 1. The van der Waals surface area contributed by atoms with Crippen LogP contribution in [0.15, 0.2) is 12.7 Å². The Hall–Kier alpha value is -0.870. The third-order valence-corrected chi connectivity index (χ3v) is 1.24. The molecule has 1 rings (SSSR count). The van der Waals surface area contributed by atoms with Crippen molar-refractivity contribution < 1.29 is 14.3 Å². The van der Waals surface area contributed by atoms with E-state index in [0.717, 1.165) is 32.4 Å². The first-order chi connectivity index (χ1) is 6.31. The van der Waals surface area contributed by atoms with Gasteiger partial charge in [-0.2, -0.15) is 0 Å². The van der Waals surface area contributed by atoms with Crippen molar-refractivity contribution in [1.82, 2.24) is 5.32 Å². The quantitative estimate of drug-likeness (QED) is 0.521. The van der Waals surface area contributed by atoms with E-state index < -0.39 is 0 Å². The third kappa shape index (κ3) is 9.04. The Bertz CT molecular complexity index is 136. The lowest BCUT2D eigenvalue weighted by atomic mass is 10.5. The Kier molecular flexibility index (Phi) is 8.60. The molecule has 0 bridgehead atoms. The molecule has 0 aliphatic carbocycles. The van der Waals surface area contributed by atoms with Gasteiger partial charge in [0.15, 0.2) is 0 Å². The monoisotopic (exact) mass is 187 g/mol. The summed E-state index contributed by atoms with van der Waals surface area (Å²) in [5.74, 6) is -0.341. The number of esters is 1. The third-order valence-electron chi connectivity index (χ3n) is 1.24. The largest absolute Gasteiger partial charge is 0.463 e. The van der Waals surface area contributed by atoms with Crippen LogP contribution in [0.5, 0.6) is 0 Å². The molecule has 1 aliphatic heterocycles. The molecule has 1 heterocycles. The maximum Gasteiger partial charge on any atom is 0.330 e. The van der Waals surface area contributed by atoms with Crippen LogP contribution in [0.25, 0.3) is 0 Å². The van der Waals surface area contributed by atoms with E-state index in [0.29, 0.717) is 6.61 Å². The van der Waals surface area contributed by atoms with Gasteiger partial charge in [-0.15, -0.1) is 0 Å². The normalized spacial score (nSPS) is 14.2. The molecule has 0 amide bonds. The lowest BCUT2D eigenvalue weighted by molar-refractivity contribution is -0.137. The molecular weight excluding hydrogens is 170 g/mol. The Morgan fingerprint density at radius 2 is 2.54 bits per heavy atom. The van der Waals surface area contributed by atoms with E-state index in [1.807, 2.05) is 6.92 Å². The summed E-state index contributed by atoms with van der Waals surface area (Å²) in [5.41, 5.74) is 0. The van der Waals surface area contributed by atoms with Crippen LogP contribution in [0.1, 0.15) is 13.3 Å². The van der Waals surface area contributed by atoms with Crippen LogP contribution < -0.4 is 5.32 Å². The summed E-state index contributed by atoms with van der Waals surface area (Å²) in [6.07, 6.45) is 2.02. The molecule has 0 spiro atoms. The van der Waals surface area contributed by atoms with Gasteiger partial charge in [0.2, 0.25) is 0 Å². The Balaban J connectivity index is 0.000000243. The molecule has 76 valence electrons. The van der Waals surface area contributed by atoms with Gasteiger partial charge < -0.3 is 9.47 Å². The zero-order valence-electron chi connectivity index (χ0n) is 8.04. The highest BCUT2D eigenvalue weighted by Crippen LogP contribution is 1.81. The molecule has 0 aromatic heterocycles. The fourth-order valence-corrected chi connectivity index (χ4v) is 0.622. The molecule has 0 aromatic rings. The van der Waals surface area contributed by atoms with E-state index in [2.05, 4.69) is 16.6 Å². The van der Waals surface area contributed by atoms with Gasteiger partial charge in [0.1, 0.15) is 0 Å². The summed E-state index contributed by atoms with van der Waals surface area (Å²) in [6.45, 7) is 8.34. The first-order valence-electron chi connectivity index (χ1n) is 4.39. The summed E-state index contributed by atoms with van der Waals surface area (Å²) in [6, 6.07) is 0. The number of carbonyl (C=O) groups is 1. The van der Waals surface area contributed by atoms with Crippen LogP contribution in [0.3, 0.4) is 0 Å². The van der Waals surface area contributed by atoms with E-state index in [1.165, 1.54) is 0 Å². The molecule has 0 radical (unpaired) electrons. The van der Waals surface area contributed by atoms with Crippen molar-refractivity contribution >= 4 is 5.97 Å². The van der Waals surface area contributed by atoms with Crippen LogP contribution in [0.2, 0.25) is 0 Å². The molecule has 1 saturated heterocycles. The first-order valence-corrected chi connectivity index (χ1v) is 4.39. The fourth-order valence-electron chi connectivity index (χ4n) is 0.622. The maximum atomic E-state index is 10.2. The predicted octanol–water partition coefficient (Wildman–Crippen LogP) is 0.689. The lowest BCUT2D eigenvalue weighted by Gasteiger charge is -1.94. The van der Waals surface area contributed by atoms with E-state index >= 15 is 0 Å². The molecular formula is C9H17NO3. The smallest absolute Gasteiger partial charge is 0.330 e. The highest BCUT2D eigenvalue weighted by molar-refractivity contribution is 5.81. The molecule has 13 heavy (non-hydrogen) atoms. The van der Waals surface area contributed by atoms with E-state index in [4.69, 9.17) is 4.74 Å². The second-order valence-electron chi connectivity index (χ2n) is 2.42. The second kappa shape index (κ2) is 9.22. The molecule has 0 saturated carbocycles. The van der Waals surface area contributed by atoms with Crippen molar-refractivity contribution in [3.05, 3.63) is 12.7 Å². The van der Waals surface area contributed by atoms with Crippen LogP contribution in [0.4, 0.5) is 0 Å². The Morgan fingerprint density at radius 3 is 2.85 bits per heavy atom. The van der Waals surface area contributed by atoms with Crippen LogP contribution >= 0.6 is 0 Å². The predicted molar refractivity (Wildman–Crippen MR) is 50.3 cm³/mol. The second-order valence-corrected chi connectivity index (χ2v) is 2.42. The minimum Gasteiger partial charge on any atom is -0.463 e. The van der Waals surface area contributed by atoms with E-state index in [9.17, 15) is 4.79 Å². The SMILES string of the molecule is C1COCN1.C=CC(=O)OCCC. The zero-order valence-corrected chi connectivity index (χ0v) is 8.04. The van der Waals surface area contributed by atoms with Gasteiger partial charge in [0, 0.05) is 12.6 Å². The Morgan fingerprint density at radius 1 is 1.77 bits per heavy atom. The van der Waals surface area contributed by atoms with Crippen molar-refractivity contribution in [3.8, 4) is 0 Å². The standard InChI is InChI=1S/C6H10O2.C3H7NO/c1-3-5-8-6(7)4-2;1-2-5-3-4-1/h4H,2-3,5H2,1H3;4H,1-3H2. The highest BCUT2D eigenvalue weighted by atomic mass is 16.5. The summed E-state index contributed by atoms with van der Waals surface area (Å²) in [5, 5.41) is 3.00. The van der Waals surface area contributed by atoms with Gasteiger partial charge in [0.05, 0.1) is 19.9 Å². The average Bonchev–Trinajstić information content (AvgIpc) is 2.72. The van der Waals surface area contributed by atoms with Crippen LogP contribution in [-0.4, -0.2) is 32.5 Å². The van der Waals surface area contributed by atoms with Gasteiger partial charge in [-0.25, -0.2) is 4.79 Å². The summed E-state index contributed by atoms with van der Waals surface area (Å²) >= 11 is 0. The molecule has 0 unspecified atom stereocenters. The van der Waals surface area contributed by atoms with Crippen molar-refractivity contribution in [3.63, 3.8) is 0 Å². The van der Waals surface area contributed by atoms with Gasteiger partial charge in [-0.05, 0) is 6.42 Å². The number of rotatable bonds is 3. The molecule has 1 N–H and O–H groups in total. The van der Waals surface area contributed by atoms with Gasteiger partial charge >= 0.3 is 5.97 Å². The average molecular weight is 187 g/mol. The molecule has 1 fully saturated rings. The highest BCUT2D eigenvalue weighted by Gasteiger charge is 1.92.